The molecule has 0 aliphatic heterocycles. The molecular weight excluding hydrogens is 412 g/mol. The Labute approximate surface area is 175 Å². The lowest BCUT2D eigenvalue weighted by atomic mass is 10.1. The van der Waals surface area contributed by atoms with Gasteiger partial charge in [-0.05, 0) is 37.6 Å². The molecule has 0 aliphatic carbocycles. The standard InChI is InChI=1S/C21H19F2N3O3S/c1-12(24-21(28)29-11-14-6-4-3-5-7-14)19(27)26-20-25-18(13(2)30-20)15-8-9-16(22)17(23)10-15/h3-10,12H,11H2,1-2H3,(H,24,28)(H,25,26,27)/t12-/m0/s1. The van der Waals surface area contributed by atoms with Gasteiger partial charge >= 0.3 is 6.09 Å². The monoisotopic (exact) mass is 431 g/mol. The van der Waals surface area contributed by atoms with Crippen LogP contribution in [0.5, 0.6) is 0 Å². The number of nitrogens with one attached hydrogen (secondary N) is 2. The minimum atomic E-state index is -0.975. The van der Waals surface area contributed by atoms with Crippen LogP contribution in [0.1, 0.15) is 17.4 Å². The van der Waals surface area contributed by atoms with Crippen LogP contribution in [0.2, 0.25) is 0 Å². The third-order valence-electron chi connectivity index (χ3n) is 4.16. The first-order chi connectivity index (χ1) is 14.3. The fraction of sp³-hybridized carbons (Fsp3) is 0.190. The van der Waals surface area contributed by atoms with Crippen LogP contribution in [0.3, 0.4) is 0 Å². The number of anilines is 1. The van der Waals surface area contributed by atoms with E-state index in [9.17, 15) is 18.4 Å². The van der Waals surface area contributed by atoms with E-state index in [0.29, 0.717) is 11.3 Å². The van der Waals surface area contributed by atoms with Crippen LogP contribution in [0, 0.1) is 18.6 Å². The molecule has 0 spiro atoms. The number of hydrogen-bond donors (Lipinski definition) is 2. The van der Waals surface area contributed by atoms with Crippen LogP contribution in [-0.4, -0.2) is 23.0 Å². The van der Waals surface area contributed by atoms with Gasteiger partial charge in [-0.1, -0.05) is 30.3 Å². The third-order valence-corrected chi connectivity index (χ3v) is 5.05. The van der Waals surface area contributed by atoms with Crippen molar-refractivity contribution in [3.05, 3.63) is 70.6 Å². The van der Waals surface area contributed by atoms with Gasteiger partial charge in [0.25, 0.3) is 0 Å². The molecule has 0 aliphatic rings. The van der Waals surface area contributed by atoms with Crippen molar-refractivity contribution in [1.82, 2.24) is 10.3 Å². The first kappa shape index (κ1) is 21.4. The molecule has 0 fully saturated rings. The Morgan fingerprint density at radius 2 is 1.87 bits per heavy atom. The molecular formula is C21H19F2N3O3S. The Bertz CT molecular complexity index is 1060. The highest BCUT2D eigenvalue weighted by Crippen LogP contribution is 2.31. The topological polar surface area (TPSA) is 80.3 Å². The van der Waals surface area contributed by atoms with Gasteiger partial charge in [0.2, 0.25) is 5.91 Å². The molecule has 0 unspecified atom stereocenters. The van der Waals surface area contributed by atoms with Crippen molar-refractivity contribution in [2.45, 2.75) is 26.5 Å². The first-order valence-electron chi connectivity index (χ1n) is 9.04. The predicted molar refractivity (Wildman–Crippen MR) is 110 cm³/mol. The highest BCUT2D eigenvalue weighted by Gasteiger charge is 2.19. The number of alkyl carbamates (subject to hydrolysis) is 1. The van der Waals surface area contributed by atoms with Gasteiger partial charge in [-0.15, -0.1) is 11.3 Å². The Morgan fingerprint density at radius 3 is 2.57 bits per heavy atom. The van der Waals surface area contributed by atoms with Crippen LogP contribution in [0.4, 0.5) is 18.7 Å². The number of hydrogen-bond acceptors (Lipinski definition) is 5. The summed E-state index contributed by atoms with van der Waals surface area (Å²) in [5.74, 6) is -2.41. The van der Waals surface area contributed by atoms with E-state index in [-0.39, 0.29) is 11.7 Å². The molecule has 1 aromatic heterocycles. The maximum atomic E-state index is 13.5. The number of rotatable bonds is 6. The van der Waals surface area contributed by atoms with Gasteiger partial charge < -0.3 is 15.4 Å². The van der Waals surface area contributed by atoms with Crippen molar-refractivity contribution in [2.24, 2.45) is 0 Å². The van der Waals surface area contributed by atoms with E-state index in [1.165, 1.54) is 24.3 Å². The summed E-state index contributed by atoms with van der Waals surface area (Å²) < 4.78 is 31.7. The van der Waals surface area contributed by atoms with Crippen molar-refractivity contribution in [1.29, 1.82) is 0 Å². The molecule has 0 saturated heterocycles. The number of nitrogens with zero attached hydrogens (tertiary/aromatic N) is 1. The Morgan fingerprint density at radius 1 is 1.13 bits per heavy atom. The molecule has 1 atom stereocenters. The molecule has 30 heavy (non-hydrogen) atoms. The van der Waals surface area contributed by atoms with E-state index < -0.39 is 29.7 Å². The van der Waals surface area contributed by atoms with E-state index >= 15 is 0 Å². The number of carbonyl (C=O) groups excluding carboxylic acids is 2. The molecule has 3 aromatic rings. The molecule has 0 radical (unpaired) electrons. The average Bonchev–Trinajstić information content (AvgIpc) is 3.09. The van der Waals surface area contributed by atoms with Crippen LogP contribution < -0.4 is 10.6 Å². The minimum absolute atomic E-state index is 0.0876. The van der Waals surface area contributed by atoms with Gasteiger partial charge in [0.05, 0.1) is 5.69 Å². The summed E-state index contributed by atoms with van der Waals surface area (Å²) in [4.78, 5) is 29.3. The van der Waals surface area contributed by atoms with Gasteiger partial charge in [0, 0.05) is 10.4 Å². The average molecular weight is 431 g/mol. The summed E-state index contributed by atoms with van der Waals surface area (Å²) in [7, 11) is 0. The SMILES string of the molecule is Cc1sc(NC(=O)[C@H](C)NC(=O)OCc2ccccc2)nc1-c1ccc(F)c(F)c1. The normalized spacial score (nSPS) is 11.6. The van der Waals surface area contributed by atoms with Crippen molar-refractivity contribution < 1.29 is 23.1 Å². The first-order valence-corrected chi connectivity index (χ1v) is 9.86. The van der Waals surface area contributed by atoms with Crippen LogP contribution >= 0.6 is 11.3 Å². The number of ether oxygens (including phenoxy) is 1. The number of thiazole rings is 1. The van der Waals surface area contributed by atoms with Gasteiger partial charge in [0.1, 0.15) is 12.6 Å². The number of carbonyl (C=O) groups is 2. The van der Waals surface area contributed by atoms with Crippen molar-refractivity contribution in [3.8, 4) is 11.3 Å². The van der Waals surface area contributed by atoms with Crippen molar-refractivity contribution >= 4 is 28.5 Å². The highest BCUT2D eigenvalue weighted by atomic mass is 32.1. The minimum Gasteiger partial charge on any atom is -0.445 e. The lowest BCUT2D eigenvalue weighted by Crippen LogP contribution is -2.41. The quantitative estimate of drug-likeness (QED) is 0.595. The maximum absolute atomic E-state index is 13.5. The maximum Gasteiger partial charge on any atom is 0.408 e. The van der Waals surface area contributed by atoms with E-state index in [1.54, 1.807) is 6.92 Å². The molecule has 1 heterocycles. The fourth-order valence-corrected chi connectivity index (χ4v) is 3.42. The van der Waals surface area contributed by atoms with Crippen LogP contribution in [-0.2, 0) is 16.1 Å². The lowest BCUT2D eigenvalue weighted by Gasteiger charge is -2.13. The van der Waals surface area contributed by atoms with E-state index in [1.807, 2.05) is 30.3 Å². The summed E-state index contributed by atoms with van der Waals surface area (Å²) >= 11 is 1.19. The number of benzene rings is 2. The second kappa shape index (κ2) is 9.45. The zero-order valence-electron chi connectivity index (χ0n) is 16.2. The number of halogens is 2. The molecule has 2 aromatic carbocycles. The van der Waals surface area contributed by atoms with Crippen LogP contribution in [0.25, 0.3) is 11.3 Å². The van der Waals surface area contributed by atoms with Crippen LogP contribution in [0.15, 0.2) is 48.5 Å². The molecule has 3 rings (SSSR count). The lowest BCUT2D eigenvalue weighted by molar-refractivity contribution is -0.117. The molecule has 9 heteroatoms. The Kier molecular flexibility index (Phi) is 6.73. The number of aryl methyl sites for hydroxylation is 1. The third kappa shape index (κ3) is 5.38. The van der Waals surface area contributed by atoms with Crippen molar-refractivity contribution in [2.75, 3.05) is 5.32 Å². The number of aromatic nitrogens is 1. The molecule has 0 saturated carbocycles. The molecule has 2 amide bonds. The zero-order chi connectivity index (χ0) is 21.7. The summed E-state index contributed by atoms with van der Waals surface area (Å²) in [5, 5.41) is 5.34. The van der Waals surface area contributed by atoms with E-state index in [0.717, 1.165) is 22.6 Å². The second-order valence-corrected chi connectivity index (χ2v) is 7.67. The summed E-state index contributed by atoms with van der Waals surface area (Å²) in [6.45, 7) is 3.35. The molecule has 6 nitrogen and oxygen atoms in total. The van der Waals surface area contributed by atoms with E-state index in [4.69, 9.17) is 4.74 Å². The van der Waals surface area contributed by atoms with Gasteiger partial charge in [-0.3, -0.25) is 4.79 Å². The highest BCUT2D eigenvalue weighted by molar-refractivity contribution is 7.16. The largest absolute Gasteiger partial charge is 0.445 e. The Hall–Kier alpha value is -3.33. The summed E-state index contributed by atoms with van der Waals surface area (Å²) in [6.07, 6.45) is -0.723. The smallest absolute Gasteiger partial charge is 0.408 e. The molecule has 0 bridgehead atoms. The zero-order valence-corrected chi connectivity index (χ0v) is 17.1. The predicted octanol–water partition coefficient (Wildman–Crippen LogP) is 4.65. The Balaban J connectivity index is 1.57. The van der Waals surface area contributed by atoms with Gasteiger partial charge in [-0.2, -0.15) is 0 Å². The van der Waals surface area contributed by atoms with Gasteiger partial charge in [-0.25, -0.2) is 18.6 Å². The summed E-state index contributed by atoms with van der Waals surface area (Å²) in [5.41, 5.74) is 1.67. The van der Waals surface area contributed by atoms with Gasteiger partial charge in [0.15, 0.2) is 16.8 Å². The molecule has 2 N–H and O–H groups in total. The van der Waals surface area contributed by atoms with E-state index in [2.05, 4.69) is 15.6 Å². The number of amides is 2. The fourth-order valence-electron chi connectivity index (χ4n) is 2.58. The summed E-state index contributed by atoms with van der Waals surface area (Å²) in [6, 6.07) is 11.8. The second-order valence-electron chi connectivity index (χ2n) is 6.47. The van der Waals surface area contributed by atoms with Crippen molar-refractivity contribution in [3.63, 3.8) is 0 Å². The molecule has 156 valence electrons.